The van der Waals surface area contributed by atoms with Crippen LogP contribution >= 0.6 is 0 Å². The van der Waals surface area contributed by atoms with Gasteiger partial charge in [-0.25, -0.2) is 0 Å². The number of hydrogen-bond donors (Lipinski definition) is 1. The quantitative estimate of drug-likeness (QED) is 0.605. The molecule has 0 aliphatic rings. The number of benzene rings is 3. The fraction of sp³-hybridized carbons (Fsp3) is 0.0952. The van der Waals surface area contributed by atoms with Crippen molar-refractivity contribution in [3.8, 4) is 5.69 Å². The molecule has 4 rings (SSSR count). The lowest BCUT2D eigenvalue weighted by Crippen LogP contribution is -2.27. The Hall–Kier alpha value is -3.47. The van der Waals surface area contributed by atoms with Crippen LogP contribution in [0.4, 0.5) is 0 Å². The number of amides is 1. The Labute approximate surface area is 151 Å². The maximum absolute atomic E-state index is 12.6. The molecule has 1 aromatic heterocycles. The first kappa shape index (κ1) is 16.0. The standard InChI is InChI=1S/C21H18N4O/c26-21(19-10-3-4-11-20(19)25-23-14-15-24-25)22-13-12-17-8-5-7-16-6-1-2-9-18(16)17/h1-11,14-15H,12-13H2,(H,22,26). The van der Waals surface area contributed by atoms with Crippen LogP contribution in [0.1, 0.15) is 15.9 Å². The summed E-state index contributed by atoms with van der Waals surface area (Å²) < 4.78 is 0. The van der Waals surface area contributed by atoms with E-state index in [1.807, 2.05) is 30.3 Å². The molecule has 0 unspecified atom stereocenters. The number of rotatable bonds is 5. The lowest BCUT2D eigenvalue weighted by atomic mass is 10.0. The summed E-state index contributed by atoms with van der Waals surface area (Å²) in [4.78, 5) is 14.1. The monoisotopic (exact) mass is 342 g/mol. The molecule has 5 heteroatoms. The van der Waals surface area contributed by atoms with Gasteiger partial charge >= 0.3 is 0 Å². The van der Waals surface area contributed by atoms with Crippen molar-refractivity contribution in [3.05, 3.63) is 90.3 Å². The highest BCUT2D eigenvalue weighted by atomic mass is 16.1. The molecule has 0 atom stereocenters. The molecule has 0 saturated heterocycles. The highest BCUT2D eigenvalue weighted by Crippen LogP contribution is 2.18. The summed E-state index contributed by atoms with van der Waals surface area (Å²) >= 11 is 0. The number of hydrogen-bond acceptors (Lipinski definition) is 3. The molecule has 0 radical (unpaired) electrons. The molecule has 0 saturated carbocycles. The molecule has 4 aromatic rings. The van der Waals surface area contributed by atoms with E-state index in [4.69, 9.17) is 0 Å². The minimum atomic E-state index is -0.127. The molecule has 1 heterocycles. The second-order valence-corrected chi connectivity index (χ2v) is 5.98. The van der Waals surface area contributed by atoms with E-state index >= 15 is 0 Å². The molecule has 0 aliphatic heterocycles. The summed E-state index contributed by atoms with van der Waals surface area (Å²) in [7, 11) is 0. The van der Waals surface area contributed by atoms with Gasteiger partial charge in [-0.3, -0.25) is 4.79 Å². The van der Waals surface area contributed by atoms with Crippen molar-refractivity contribution < 1.29 is 4.79 Å². The summed E-state index contributed by atoms with van der Waals surface area (Å²) in [6.07, 6.45) is 3.96. The molecule has 26 heavy (non-hydrogen) atoms. The average Bonchev–Trinajstić information content (AvgIpc) is 3.23. The van der Waals surface area contributed by atoms with Crippen LogP contribution in [0.5, 0.6) is 0 Å². The van der Waals surface area contributed by atoms with Gasteiger partial charge in [0.25, 0.3) is 5.91 Å². The Morgan fingerprint density at radius 2 is 1.62 bits per heavy atom. The average molecular weight is 342 g/mol. The Balaban J connectivity index is 1.48. The van der Waals surface area contributed by atoms with E-state index in [1.165, 1.54) is 21.1 Å². The van der Waals surface area contributed by atoms with Gasteiger partial charge in [-0.1, -0.05) is 54.6 Å². The van der Waals surface area contributed by atoms with Crippen LogP contribution in [0.3, 0.4) is 0 Å². The second kappa shape index (κ2) is 7.19. The molecule has 3 aromatic carbocycles. The smallest absolute Gasteiger partial charge is 0.253 e. The lowest BCUT2D eigenvalue weighted by Gasteiger charge is -2.10. The summed E-state index contributed by atoms with van der Waals surface area (Å²) in [5, 5.41) is 13.7. The van der Waals surface area contributed by atoms with Crippen molar-refractivity contribution in [2.45, 2.75) is 6.42 Å². The first-order valence-corrected chi connectivity index (χ1v) is 8.53. The van der Waals surface area contributed by atoms with Crippen LogP contribution in [0.2, 0.25) is 0 Å². The number of nitrogens with zero attached hydrogens (tertiary/aromatic N) is 3. The van der Waals surface area contributed by atoms with Crippen LogP contribution in [-0.4, -0.2) is 27.4 Å². The number of carbonyl (C=O) groups is 1. The number of aromatic nitrogens is 3. The van der Waals surface area contributed by atoms with Crippen molar-refractivity contribution in [2.24, 2.45) is 0 Å². The summed E-state index contributed by atoms with van der Waals surface area (Å²) in [5.41, 5.74) is 2.45. The first-order valence-electron chi connectivity index (χ1n) is 8.53. The third kappa shape index (κ3) is 3.19. The normalized spacial score (nSPS) is 10.8. The van der Waals surface area contributed by atoms with Crippen molar-refractivity contribution in [1.29, 1.82) is 0 Å². The van der Waals surface area contributed by atoms with Gasteiger partial charge in [0, 0.05) is 6.54 Å². The summed E-state index contributed by atoms with van der Waals surface area (Å²) in [6.45, 7) is 0.563. The topological polar surface area (TPSA) is 59.8 Å². The van der Waals surface area contributed by atoms with E-state index < -0.39 is 0 Å². The van der Waals surface area contributed by atoms with Crippen LogP contribution in [0.15, 0.2) is 79.1 Å². The predicted molar refractivity (Wildman–Crippen MR) is 101 cm³/mol. The van der Waals surface area contributed by atoms with Gasteiger partial charge in [0.2, 0.25) is 0 Å². The van der Waals surface area contributed by atoms with E-state index in [2.05, 4.69) is 45.8 Å². The van der Waals surface area contributed by atoms with Crippen LogP contribution < -0.4 is 5.32 Å². The Kier molecular flexibility index (Phi) is 4.43. The maximum atomic E-state index is 12.6. The van der Waals surface area contributed by atoms with Gasteiger partial charge in [0.1, 0.15) is 0 Å². The molecule has 0 spiro atoms. The minimum absolute atomic E-state index is 0.127. The van der Waals surface area contributed by atoms with Gasteiger partial charge in [0.05, 0.1) is 23.6 Å². The maximum Gasteiger partial charge on any atom is 0.253 e. The summed E-state index contributed by atoms with van der Waals surface area (Å²) in [5.74, 6) is -0.127. The Morgan fingerprint density at radius 3 is 2.50 bits per heavy atom. The van der Waals surface area contributed by atoms with E-state index in [0.29, 0.717) is 17.8 Å². The lowest BCUT2D eigenvalue weighted by molar-refractivity contribution is 0.0954. The Morgan fingerprint density at radius 1 is 0.885 bits per heavy atom. The van der Waals surface area contributed by atoms with Crippen LogP contribution in [0.25, 0.3) is 16.5 Å². The van der Waals surface area contributed by atoms with E-state index in [0.717, 1.165) is 6.42 Å². The number of para-hydroxylation sites is 1. The van der Waals surface area contributed by atoms with Crippen molar-refractivity contribution in [3.63, 3.8) is 0 Å². The van der Waals surface area contributed by atoms with Crippen molar-refractivity contribution in [1.82, 2.24) is 20.3 Å². The predicted octanol–water partition coefficient (Wildman–Crippen LogP) is 3.39. The molecular formula is C21H18N4O. The first-order chi connectivity index (χ1) is 12.8. The van der Waals surface area contributed by atoms with Gasteiger partial charge in [0.15, 0.2) is 0 Å². The molecule has 5 nitrogen and oxygen atoms in total. The fourth-order valence-corrected chi connectivity index (χ4v) is 3.10. The third-order valence-corrected chi connectivity index (χ3v) is 4.34. The number of nitrogens with one attached hydrogen (secondary N) is 1. The highest BCUT2D eigenvalue weighted by Gasteiger charge is 2.13. The molecular weight excluding hydrogens is 324 g/mol. The zero-order valence-corrected chi connectivity index (χ0v) is 14.2. The molecule has 1 amide bonds. The Bertz CT molecular complexity index is 1040. The van der Waals surface area contributed by atoms with E-state index in [-0.39, 0.29) is 5.91 Å². The van der Waals surface area contributed by atoms with Crippen molar-refractivity contribution >= 4 is 16.7 Å². The van der Waals surface area contributed by atoms with Gasteiger partial charge in [-0.2, -0.15) is 15.0 Å². The number of fused-ring (bicyclic) bond motifs is 1. The molecule has 0 bridgehead atoms. The molecule has 0 aliphatic carbocycles. The van der Waals surface area contributed by atoms with Gasteiger partial charge < -0.3 is 5.32 Å². The highest BCUT2D eigenvalue weighted by molar-refractivity contribution is 5.97. The molecule has 128 valence electrons. The zero-order chi connectivity index (χ0) is 17.8. The molecule has 1 N–H and O–H groups in total. The SMILES string of the molecule is O=C(NCCc1cccc2ccccc12)c1ccccc1-n1nccn1. The third-order valence-electron chi connectivity index (χ3n) is 4.34. The van der Waals surface area contributed by atoms with Crippen LogP contribution in [-0.2, 0) is 6.42 Å². The minimum Gasteiger partial charge on any atom is -0.352 e. The summed E-state index contributed by atoms with van der Waals surface area (Å²) in [6, 6.07) is 21.9. The van der Waals surface area contributed by atoms with Crippen molar-refractivity contribution in [2.75, 3.05) is 6.54 Å². The largest absolute Gasteiger partial charge is 0.352 e. The molecule has 0 fully saturated rings. The fourth-order valence-electron chi connectivity index (χ4n) is 3.10. The van der Waals surface area contributed by atoms with Gasteiger partial charge in [-0.15, -0.1) is 0 Å². The number of carbonyl (C=O) groups excluding carboxylic acids is 1. The van der Waals surface area contributed by atoms with Gasteiger partial charge in [-0.05, 0) is 34.9 Å². The van der Waals surface area contributed by atoms with Crippen LogP contribution in [0, 0.1) is 0 Å². The zero-order valence-electron chi connectivity index (χ0n) is 14.2. The van der Waals surface area contributed by atoms with E-state index in [1.54, 1.807) is 18.5 Å². The van der Waals surface area contributed by atoms with E-state index in [9.17, 15) is 4.79 Å². The second-order valence-electron chi connectivity index (χ2n) is 5.98.